The summed E-state index contributed by atoms with van der Waals surface area (Å²) >= 11 is 0. The van der Waals surface area contributed by atoms with Crippen LogP contribution in [0.4, 0.5) is 0 Å². The number of carbonyl (C=O) groups excluding carboxylic acids is 2. The van der Waals surface area contributed by atoms with Crippen LogP contribution in [-0.4, -0.2) is 34.7 Å². The lowest BCUT2D eigenvalue weighted by Gasteiger charge is -2.25. The van der Waals surface area contributed by atoms with Crippen molar-refractivity contribution >= 4 is 11.9 Å². The van der Waals surface area contributed by atoms with Gasteiger partial charge in [0.2, 0.25) is 0 Å². The number of aryl methyl sites for hydroxylation is 2. The molecule has 26 heavy (non-hydrogen) atoms. The molecule has 2 aromatic rings. The molecule has 1 heterocycles. The van der Waals surface area contributed by atoms with Gasteiger partial charge in [0, 0.05) is 11.9 Å². The number of hydrogen-bond donors (Lipinski definition) is 2. The molecule has 0 spiro atoms. The Morgan fingerprint density at radius 1 is 1.23 bits per heavy atom. The second kappa shape index (κ2) is 8.58. The minimum atomic E-state index is -1.65. The van der Waals surface area contributed by atoms with Crippen molar-refractivity contribution in [3.8, 4) is 0 Å². The molecule has 2 N–H and O–H groups in total. The van der Waals surface area contributed by atoms with E-state index in [1.54, 1.807) is 30.5 Å². The van der Waals surface area contributed by atoms with Crippen LogP contribution in [0.25, 0.3) is 0 Å². The van der Waals surface area contributed by atoms with Gasteiger partial charge in [-0.3, -0.25) is 9.78 Å². The molecule has 0 saturated carbocycles. The van der Waals surface area contributed by atoms with E-state index in [1.165, 1.54) is 14.0 Å². The number of nitrogens with one attached hydrogen (secondary N) is 1. The number of rotatable bonds is 7. The zero-order valence-corrected chi connectivity index (χ0v) is 15.2. The lowest BCUT2D eigenvalue weighted by molar-refractivity contribution is -0.149. The topological polar surface area (TPSA) is 88.5 Å². The minimum Gasteiger partial charge on any atom is -0.467 e. The highest BCUT2D eigenvalue weighted by molar-refractivity contribution is 5.89. The maximum Gasteiger partial charge on any atom is 0.333 e. The third-order valence-corrected chi connectivity index (χ3v) is 4.30. The molecule has 0 fully saturated rings. The van der Waals surface area contributed by atoms with Crippen LogP contribution >= 0.6 is 0 Å². The number of esters is 1. The highest BCUT2D eigenvalue weighted by Crippen LogP contribution is 2.19. The zero-order valence-electron chi connectivity index (χ0n) is 15.2. The van der Waals surface area contributed by atoms with E-state index in [2.05, 4.69) is 10.3 Å². The van der Waals surface area contributed by atoms with Gasteiger partial charge in [-0.2, -0.15) is 0 Å². The molecular weight excluding hydrogens is 332 g/mol. The Kier molecular flexibility index (Phi) is 6.46. The van der Waals surface area contributed by atoms with E-state index in [1.807, 2.05) is 25.1 Å². The zero-order chi connectivity index (χ0) is 19.2. The average Bonchev–Trinajstić information content (AvgIpc) is 2.65. The van der Waals surface area contributed by atoms with Gasteiger partial charge < -0.3 is 15.2 Å². The third-order valence-electron chi connectivity index (χ3n) is 4.30. The number of hydrogen-bond acceptors (Lipinski definition) is 5. The van der Waals surface area contributed by atoms with E-state index in [9.17, 15) is 14.7 Å². The van der Waals surface area contributed by atoms with E-state index in [0.29, 0.717) is 12.0 Å². The maximum absolute atomic E-state index is 12.6. The fourth-order valence-electron chi connectivity index (χ4n) is 2.58. The van der Waals surface area contributed by atoms with Crippen molar-refractivity contribution in [1.82, 2.24) is 10.3 Å². The molecule has 0 aliphatic heterocycles. The first-order valence-electron chi connectivity index (χ1n) is 8.42. The number of methoxy groups -OCH3 is 1. The van der Waals surface area contributed by atoms with E-state index in [-0.39, 0.29) is 6.42 Å². The number of pyridine rings is 1. The number of ether oxygens (including phenoxy) is 1. The molecule has 0 aliphatic carbocycles. The first kappa shape index (κ1) is 19.6. The van der Waals surface area contributed by atoms with Crippen LogP contribution < -0.4 is 5.32 Å². The van der Waals surface area contributed by atoms with Gasteiger partial charge in [0.05, 0.1) is 7.11 Å². The van der Waals surface area contributed by atoms with Gasteiger partial charge in [0.1, 0.15) is 5.60 Å². The predicted molar refractivity (Wildman–Crippen MR) is 97.3 cm³/mol. The highest BCUT2D eigenvalue weighted by Gasteiger charge is 2.34. The van der Waals surface area contributed by atoms with Crippen LogP contribution in [0.5, 0.6) is 0 Å². The molecule has 6 nitrogen and oxygen atoms in total. The Balaban J connectivity index is 2.09. The summed E-state index contributed by atoms with van der Waals surface area (Å²) in [6.07, 6.45) is 2.31. The van der Waals surface area contributed by atoms with Crippen molar-refractivity contribution in [2.45, 2.75) is 38.3 Å². The average molecular weight is 356 g/mol. The lowest BCUT2D eigenvalue weighted by Crippen LogP contribution is -2.48. The molecule has 6 heteroatoms. The summed E-state index contributed by atoms with van der Waals surface area (Å²) in [6.45, 7) is 3.36. The van der Waals surface area contributed by atoms with Crippen LogP contribution in [0.3, 0.4) is 0 Å². The van der Waals surface area contributed by atoms with Crippen molar-refractivity contribution in [1.29, 1.82) is 0 Å². The fourth-order valence-corrected chi connectivity index (χ4v) is 2.58. The standard InChI is InChI=1S/C20H24N2O4/c1-14-8-7-13-21-16(14)11-12-20(2,25)19(24)22-17(18(23)26-3)15-9-5-4-6-10-15/h4-10,13,17,25H,11-12H2,1-3H3,(H,22,24)/t17-,20+/m1/s1. The molecule has 0 radical (unpaired) electrons. The number of aromatic nitrogens is 1. The first-order valence-corrected chi connectivity index (χ1v) is 8.42. The Morgan fingerprint density at radius 2 is 1.92 bits per heavy atom. The van der Waals surface area contributed by atoms with Crippen LogP contribution in [0.2, 0.25) is 0 Å². The van der Waals surface area contributed by atoms with Crippen molar-refractivity contribution in [3.05, 3.63) is 65.5 Å². The van der Waals surface area contributed by atoms with Gasteiger partial charge in [0.15, 0.2) is 6.04 Å². The summed E-state index contributed by atoms with van der Waals surface area (Å²) in [5, 5.41) is 13.2. The summed E-state index contributed by atoms with van der Waals surface area (Å²) < 4.78 is 4.78. The van der Waals surface area contributed by atoms with E-state index < -0.39 is 23.5 Å². The van der Waals surface area contributed by atoms with Crippen LogP contribution in [-0.2, 0) is 20.7 Å². The summed E-state index contributed by atoms with van der Waals surface area (Å²) in [5.41, 5.74) is 0.767. The quantitative estimate of drug-likeness (QED) is 0.742. The Labute approximate surface area is 153 Å². The van der Waals surface area contributed by atoms with Crippen molar-refractivity contribution in [3.63, 3.8) is 0 Å². The Morgan fingerprint density at radius 3 is 2.54 bits per heavy atom. The summed E-state index contributed by atoms with van der Waals surface area (Å²) in [7, 11) is 1.26. The van der Waals surface area contributed by atoms with Gasteiger partial charge >= 0.3 is 5.97 Å². The number of benzene rings is 1. The first-order chi connectivity index (χ1) is 12.3. The number of carbonyl (C=O) groups is 2. The van der Waals surface area contributed by atoms with Crippen molar-refractivity contribution in [2.75, 3.05) is 7.11 Å². The van der Waals surface area contributed by atoms with Crippen LogP contribution in [0.15, 0.2) is 48.7 Å². The largest absolute Gasteiger partial charge is 0.467 e. The molecule has 0 aliphatic rings. The molecule has 1 amide bonds. The SMILES string of the molecule is COC(=O)[C@H](NC(=O)[C@@](C)(O)CCc1ncccc1C)c1ccccc1. The minimum absolute atomic E-state index is 0.180. The highest BCUT2D eigenvalue weighted by atomic mass is 16.5. The Bertz CT molecular complexity index is 759. The fraction of sp³-hybridized carbons (Fsp3) is 0.350. The number of nitrogens with zero attached hydrogens (tertiary/aromatic N) is 1. The molecule has 0 unspecified atom stereocenters. The number of amides is 1. The molecule has 2 rings (SSSR count). The third kappa shape index (κ3) is 4.89. The molecule has 0 bridgehead atoms. The van der Waals surface area contributed by atoms with Gasteiger partial charge in [-0.1, -0.05) is 36.4 Å². The molecule has 138 valence electrons. The normalized spacial score (nSPS) is 14.2. The van der Waals surface area contributed by atoms with Crippen molar-refractivity contribution < 1.29 is 19.4 Å². The maximum atomic E-state index is 12.6. The van der Waals surface area contributed by atoms with Gasteiger partial charge in [-0.25, -0.2) is 4.79 Å². The second-order valence-corrected chi connectivity index (χ2v) is 6.38. The summed E-state index contributed by atoms with van der Waals surface area (Å²) in [5.74, 6) is -1.23. The van der Waals surface area contributed by atoms with E-state index >= 15 is 0 Å². The van der Waals surface area contributed by atoms with Gasteiger partial charge in [0.25, 0.3) is 5.91 Å². The van der Waals surface area contributed by atoms with Gasteiger partial charge in [-0.05, 0) is 43.9 Å². The molecule has 0 saturated heterocycles. The second-order valence-electron chi connectivity index (χ2n) is 6.38. The monoisotopic (exact) mass is 356 g/mol. The van der Waals surface area contributed by atoms with Crippen LogP contribution in [0.1, 0.15) is 36.2 Å². The van der Waals surface area contributed by atoms with Crippen molar-refractivity contribution in [2.24, 2.45) is 0 Å². The summed E-state index contributed by atoms with van der Waals surface area (Å²) in [6, 6.07) is 11.6. The van der Waals surface area contributed by atoms with Gasteiger partial charge in [-0.15, -0.1) is 0 Å². The van der Waals surface area contributed by atoms with Crippen LogP contribution in [0, 0.1) is 6.92 Å². The molecule has 1 aromatic carbocycles. The van der Waals surface area contributed by atoms with E-state index in [0.717, 1.165) is 11.3 Å². The Hall–Kier alpha value is -2.73. The molecular formula is C20H24N2O4. The molecule has 2 atom stereocenters. The smallest absolute Gasteiger partial charge is 0.333 e. The summed E-state index contributed by atoms with van der Waals surface area (Å²) in [4.78, 5) is 28.9. The predicted octanol–water partition coefficient (Wildman–Crippen LogP) is 2.10. The number of aliphatic hydroxyl groups is 1. The molecule has 1 aromatic heterocycles. The van der Waals surface area contributed by atoms with E-state index in [4.69, 9.17) is 4.74 Å². The lowest BCUT2D eigenvalue weighted by atomic mass is 9.95.